The van der Waals surface area contributed by atoms with Crippen LogP contribution in [0.15, 0.2) is 54.6 Å². The topological polar surface area (TPSA) is 37.3 Å². The number of phenolic OH excluding ortho intramolecular Hbond substituents is 1. The van der Waals surface area contributed by atoms with Gasteiger partial charge < -0.3 is 5.11 Å². The van der Waals surface area contributed by atoms with E-state index in [4.69, 9.17) is 0 Å². The van der Waals surface area contributed by atoms with Gasteiger partial charge in [-0.1, -0.05) is 56.3 Å². The Morgan fingerprint density at radius 3 is 2.00 bits per heavy atom. The minimum Gasteiger partial charge on any atom is -0.507 e. The minimum atomic E-state index is -0.159. The number of carbonyl (C=O) groups excluding carboxylic acids is 1. The molecule has 0 amide bonds. The van der Waals surface area contributed by atoms with E-state index in [1.165, 1.54) is 6.07 Å². The van der Waals surface area contributed by atoms with Crippen LogP contribution in [0.4, 0.5) is 0 Å². The molecule has 2 heteroatoms. The summed E-state index contributed by atoms with van der Waals surface area (Å²) in [6, 6.07) is 15.5. The molecule has 88 valence electrons. The van der Waals surface area contributed by atoms with Crippen LogP contribution in [0, 0.1) is 0 Å². The van der Waals surface area contributed by atoms with Gasteiger partial charge in [0.05, 0.1) is 5.56 Å². The van der Waals surface area contributed by atoms with Gasteiger partial charge in [-0.2, -0.15) is 0 Å². The molecule has 0 aliphatic rings. The van der Waals surface area contributed by atoms with Gasteiger partial charge in [0, 0.05) is 5.56 Å². The van der Waals surface area contributed by atoms with Crippen LogP contribution in [-0.2, 0) is 0 Å². The standard InChI is InChI=1S/C13H10O2.C2H6/c14-12-9-5-4-8-11(12)13(15)10-6-2-1-3-7-10;1-2/h1-9,14H;1-2H3. The first kappa shape index (κ1) is 13.0. The van der Waals surface area contributed by atoms with Crippen molar-refractivity contribution in [1.82, 2.24) is 0 Å². The van der Waals surface area contributed by atoms with Crippen LogP contribution in [0.5, 0.6) is 5.75 Å². The highest BCUT2D eigenvalue weighted by Crippen LogP contribution is 2.19. The van der Waals surface area contributed by atoms with E-state index in [-0.39, 0.29) is 11.5 Å². The molecule has 0 unspecified atom stereocenters. The molecule has 0 fully saturated rings. The van der Waals surface area contributed by atoms with Crippen LogP contribution in [0.3, 0.4) is 0 Å². The summed E-state index contributed by atoms with van der Waals surface area (Å²) >= 11 is 0. The number of hydrogen-bond donors (Lipinski definition) is 1. The number of benzene rings is 2. The van der Waals surface area contributed by atoms with Crippen molar-refractivity contribution in [2.45, 2.75) is 13.8 Å². The molecule has 0 aliphatic heterocycles. The molecule has 2 aromatic carbocycles. The molecule has 2 rings (SSSR count). The van der Waals surface area contributed by atoms with Crippen molar-refractivity contribution in [3.63, 3.8) is 0 Å². The second-order valence-electron chi connectivity index (χ2n) is 3.21. The van der Waals surface area contributed by atoms with E-state index in [1.807, 2.05) is 19.9 Å². The molecule has 0 bridgehead atoms. The van der Waals surface area contributed by atoms with Crippen molar-refractivity contribution in [3.05, 3.63) is 65.7 Å². The van der Waals surface area contributed by atoms with Crippen molar-refractivity contribution in [1.29, 1.82) is 0 Å². The second kappa shape index (κ2) is 6.48. The zero-order chi connectivity index (χ0) is 12.7. The molecule has 0 aromatic heterocycles. The lowest BCUT2D eigenvalue weighted by molar-refractivity contribution is 0.103. The first-order valence-electron chi connectivity index (χ1n) is 5.67. The Bertz CT molecular complexity index is 475. The monoisotopic (exact) mass is 228 g/mol. The van der Waals surface area contributed by atoms with Gasteiger partial charge in [0.25, 0.3) is 0 Å². The third-order valence-corrected chi connectivity index (χ3v) is 2.18. The van der Waals surface area contributed by atoms with Gasteiger partial charge in [-0.3, -0.25) is 4.79 Å². The molecule has 2 nitrogen and oxygen atoms in total. The lowest BCUT2D eigenvalue weighted by atomic mass is 10.0. The van der Waals surface area contributed by atoms with Crippen molar-refractivity contribution < 1.29 is 9.90 Å². The number of hydrogen-bond acceptors (Lipinski definition) is 2. The largest absolute Gasteiger partial charge is 0.507 e. The third kappa shape index (κ3) is 3.18. The van der Waals surface area contributed by atoms with Crippen LogP contribution in [0.1, 0.15) is 29.8 Å². The molecule has 0 heterocycles. The summed E-state index contributed by atoms with van der Waals surface area (Å²) in [5, 5.41) is 9.52. The van der Waals surface area contributed by atoms with Gasteiger partial charge in [-0.25, -0.2) is 0 Å². The highest BCUT2D eigenvalue weighted by Gasteiger charge is 2.11. The molecule has 0 aliphatic carbocycles. The zero-order valence-corrected chi connectivity index (χ0v) is 10.1. The van der Waals surface area contributed by atoms with Crippen molar-refractivity contribution in [2.24, 2.45) is 0 Å². The Kier molecular flexibility index (Phi) is 4.95. The van der Waals surface area contributed by atoms with E-state index in [9.17, 15) is 9.90 Å². The predicted octanol–water partition coefficient (Wildman–Crippen LogP) is 3.65. The maximum atomic E-state index is 11.9. The molecule has 0 spiro atoms. The van der Waals surface area contributed by atoms with Crippen molar-refractivity contribution in [3.8, 4) is 5.75 Å². The van der Waals surface area contributed by atoms with Gasteiger partial charge in [0.15, 0.2) is 5.78 Å². The first-order valence-corrected chi connectivity index (χ1v) is 5.67. The Hall–Kier alpha value is -2.09. The average molecular weight is 228 g/mol. The highest BCUT2D eigenvalue weighted by atomic mass is 16.3. The molecule has 1 N–H and O–H groups in total. The Morgan fingerprint density at radius 1 is 0.882 bits per heavy atom. The van der Waals surface area contributed by atoms with E-state index in [1.54, 1.807) is 42.5 Å². The number of aromatic hydroxyl groups is 1. The van der Waals surface area contributed by atoms with Crippen LogP contribution in [0.25, 0.3) is 0 Å². The molecule has 0 saturated heterocycles. The molecule has 0 radical (unpaired) electrons. The lowest BCUT2D eigenvalue weighted by Crippen LogP contribution is -2.00. The molecule has 0 atom stereocenters. The average Bonchev–Trinajstić information content (AvgIpc) is 2.42. The van der Waals surface area contributed by atoms with E-state index in [0.29, 0.717) is 11.1 Å². The maximum absolute atomic E-state index is 11.9. The molecule has 17 heavy (non-hydrogen) atoms. The summed E-state index contributed by atoms with van der Waals surface area (Å²) in [6.45, 7) is 4.00. The summed E-state index contributed by atoms with van der Waals surface area (Å²) in [4.78, 5) is 11.9. The highest BCUT2D eigenvalue weighted by molar-refractivity contribution is 6.10. The van der Waals surface area contributed by atoms with Crippen LogP contribution >= 0.6 is 0 Å². The minimum absolute atomic E-state index is 0.0198. The predicted molar refractivity (Wildman–Crippen MR) is 69.3 cm³/mol. The zero-order valence-electron chi connectivity index (χ0n) is 10.1. The third-order valence-electron chi connectivity index (χ3n) is 2.18. The summed E-state index contributed by atoms with van der Waals surface area (Å²) < 4.78 is 0. The van der Waals surface area contributed by atoms with E-state index < -0.39 is 0 Å². The number of para-hydroxylation sites is 1. The summed E-state index contributed by atoms with van der Waals surface area (Å²) in [6.07, 6.45) is 0. The summed E-state index contributed by atoms with van der Waals surface area (Å²) in [5.74, 6) is -0.139. The molecule has 0 saturated carbocycles. The van der Waals surface area contributed by atoms with Gasteiger partial charge in [0.2, 0.25) is 0 Å². The fourth-order valence-electron chi connectivity index (χ4n) is 1.41. The van der Waals surface area contributed by atoms with Crippen LogP contribution in [-0.4, -0.2) is 10.9 Å². The van der Waals surface area contributed by atoms with Crippen LogP contribution in [0.2, 0.25) is 0 Å². The SMILES string of the molecule is CC.O=C(c1ccccc1)c1ccccc1O. The maximum Gasteiger partial charge on any atom is 0.196 e. The van der Waals surface area contributed by atoms with Crippen molar-refractivity contribution in [2.75, 3.05) is 0 Å². The van der Waals surface area contributed by atoms with E-state index in [0.717, 1.165) is 0 Å². The summed E-state index contributed by atoms with van der Waals surface area (Å²) in [7, 11) is 0. The fraction of sp³-hybridized carbons (Fsp3) is 0.133. The second-order valence-corrected chi connectivity index (χ2v) is 3.21. The number of ketones is 1. The quantitative estimate of drug-likeness (QED) is 0.796. The molecular formula is C15H16O2. The van der Waals surface area contributed by atoms with Gasteiger partial charge >= 0.3 is 0 Å². The molecule has 2 aromatic rings. The van der Waals surface area contributed by atoms with Gasteiger partial charge in [-0.15, -0.1) is 0 Å². The number of rotatable bonds is 2. The Morgan fingerprint density at radius 2 is 1.41 bits per heavy atom. The number of phenols is 1. The Balaban J connectivity index is 0.000000686. The normalized spacial score (nSPS) is 9.06. The van der Waals surface area contributed by atoms with E-state index >= 15 is 0 Å². The summed E-state index contributed by atoms with van der Waals surface area (Å²) in [5.41, 5.74) is 0.919. The lowest BCUT2D eigenvalue weighted by Gasteiger charge is -2.02. The van der Waals surface area contributed by atoms with E-state index in [2.05, 4.69) is 0 Å². The van der Waals surface area contributed by atoms with Gasteiger partial charge in [0.1, 0.15) is 5.75 Å². The molecular weight excluding hydrogens is 212 g/mol. The van der Waals surface area contributed by atoms with Crippen molar-refractivity contribution >= 4 is 5.78 Å². The van der Waals surface area contributed by atoms with Crippen LogP contribution < -0.4 is 0 Å². The number of carbonyl (C=O) groups is 1. The van der Waals surface area contributed by atoms with Gasteiger partial charge in [-0.05, 0) is 12.1 Å². The first-order chi connectivity index (χ1) is 8.29. The Labute approximate surface area is 102 Å². The fourth-order valence-corrected chi connectivity index (χ4v) is 1.41. The smallest absolute Gasteiger partial charge is 0.196 e.